The third-order valence-corrected chi connectivity index (χ3v) is 9.15. The highest BCUT2D eigenvalue weighted by atomic mass is 32.2. The minimum Gasteiger partial charge on any atom is -0.368 e. The van der Waals surface area contributed by atoms with Gasteiger partial charge in [-0.2, -0.15) is 4.31 Å². The molecule has 0 bridgehead atoms. The van der Waals surface area contributed by atoms with Crippen molar-refractivity contribution < 1.29 is 17.6 Å². The molecule has 1 saturated carbocycles. The molecule has 0 aromatic heterocycles. The zero-order chi connectivity index (χ0) is 24.3. The van der Waals surface area contributed by atoms with E-state index >= 15 is 0 Å². The van der Waals surface area contributed by atoms with Crippen LogP contribution in [0.15, 0.2) is 47.4 Å². The molecular formula is C26H34FN3O3S. The number of anilines is 1. The molecule has 1 saturated heterocycles. The minimum atomic E-state index is -3.91. The molecule has 184 valence electrons. The number of sulfonamides is 1. The summed E-state index contributed by atoms with van der Waals surface area (Å²) >= 11 is 0. The quantitative estimate of drug-likeness (QED) is 0.615. The molecule has 0 spiro atoms. The number of hydrogen-bond acceptors (Lipinski definition) is 4. The Balaban J connectivity index is 1.48. The lowest BCUT2D eigenvalue weighted by Gasteiger charge is -2.39. The van der Waals surface area contributed by atoms with Crippen molar-refractivity contribution in [2.75, 3.05) is 37.6 Å². The van der Waals surface area contributed by atoms with Crippen molar-refractivity contribution in [1.82, 2.24) is 9.21 Å². The second-order valence-corrected chi connectivity index (χ2v) is 11.3. The lowest BCUT2D eigenvalue weighted by Crippen LogP contribution is -2.53. The number of carbonyl (C=O) groups is 1. The van der Waals surface area contributed by atoms with Gasteiger partial charge in [-0.25, -0.2) is 12.8 Å². The number of amides is 1. The molecule has 1 amide bonds. The van der Waals surface area contributed by atoms with Crippen LogP contribution in [0.4, 0.5) is 10.1 Å². The maximum absolute atomic E-state index is 13.5. The summed E-state index contributed by atoms with van der Waals surface area (Å²) in [5.74, 6) is -0.655. The molecule has 0 radical (unpaired) electrons. The van der Waals surface area contributed by atoms with Crippen LogP contribution < -0.4 is 4.90 Å². The number of benzene rings is 2. The van der Waals surface area contributed by atoms with E-state index in [0.29, 0.717) is 26.2 Å². The fraction of sp³-hybridized carbons (Fsp3) is 0.500. The summed E-state index contributed by atoms with van der Waals surface area (Å²) < 4.78 is 41.8. The van der Waals surface area contributed by atoms with E-state index in [4.69, 9.17) is 0 Å². The van der Waals surface area contributed by atoms with Crippen molar-refractivity contribution >= 4 is 21.6 Å². The van der Waals surface area contributed by atoms with Crippen LogP contribution in [0, 0.1) is 19.7 Å². The van der Waals surface area contributed by atoms with Crippen molar-refractivity contribution in [2.24, 2.45) is 0 Å². The lowest BCUT2D eigenvalue weighted by molar-refractivity contribution is -0.132. The molecule has 34 heavy (non-hydrogen) atoms. The van der Waals surface area contributed by atoms with E-state index < -0.39 is 15.8 Å². The Labute approximate surface area is 202 Å². The Morgan fingerprint density at radius 2 is 1.62 bits per heavy atom. The third kappa shape index (κ3) is 5.28. The van der Waals surface area contributed by atoms with Gasteiger partial charge in [-0.05, 0) is 68.1 Å². The SMILES string of the molecule is Cc1cccc(N2CCN(C(=O)CN(C3CCCCC3)S(=O)(=O)c3ccc(F)cc3)CC2)c1C. The van der Waals surface area contributed by atoms with Crippen LogP contribution in [-0.4, -0.2) is 62.3 Å². The Bertz CT molecular complexity index is 1110. The number of aryl methyl sites for hydroxylation is 1. The summed E-state index contributed by atoms with van der Waals surface area (Å²) in [6.45, 7) is 6.58. The lowest BCUT2D eigenvalue weighted by atomic mass is 9.95. The molecule has 0 unspecified atom stereocenters. The second kappa shape index (κ2) is 10.4. The molecule has 8 heteroatoms. The highest BCUT2D eigenvalue weighted by Crippen LogP contribution is 2.29. The number of hydrogen-bond donors (Lipinski definition) is 0. The van der Waals surface area contributed by atoms with Gasteiger partial charge in [0.1, 0.15) is 5.82 Å². The number of rotatable bonds is 6. The minimum absolute atomic E-state index is 0.0343. The summed E-state index contributed by atoms with van der Waals surface area (Å²) in [7, 11) is -3.91. The zero-order valence-electron chi connectivity index (χ0n) is 20.0. The fourth-order valence-corrected chi connectivity index (χ4v) is 6.66. The van der Waals surface area contributed by atoms with Gasteiger partial charge in [0.15, 0.2) is 0 Å². The zero-order valence-corrected chi connectivity index (χ0v) is 20.9. The summed E-state index contributed by atoms with van der Waals surface area (Å²) in [6.07, 6.45) is 4.46. The van der Waals surface area contributed by atoms with Crippen LogP contribution in [0.1, 0.15) is 43.2 Å². The normalized spacial score (nSPS) is 17.9. The van der Waals surface area contributed by atoms with E-state index in [1.165, 1.54) is 33.3 Å². The number of nitrogens with zero attached hydrogens (tertiary/aromatic N) is 3. The maximum atomic E-state index is 13.5. The van der Waals surface area contributed by atoms with Crippen molar-refractivity contribution in [3.8, 4) is 0 Å². The van der Waals surface area contributed by atoms with Gasteiger partial charge in [0, 0.05) is 37.9 Å². The molecule has 0 atom stereocenters. The Hall–Kier alpha value is -2.45. The first-order valence-corrected chi connectivity index (χ1v) is 13.6. The average molecular weight is 488 g/mol. The van der Waals surface area contributed by atoms with Crippen LogP contribution in [0.3, 0.4) is 0 Å². The van der Waals surface area contributed by atoms with Gasteiger partial charge in [-0.3, -0.25) is 4.79 Å². The highest BCUT2D eigenvalue weighted by Gasteiger charge is 2.35. The van der Waals surface area contributed by atoms with Crippen molar-refractivity contribution in [3.63, 3.8) is 0 Å². The van der Waals surface area contributed by atoms with Crippen LogP contribution in [0.2, 0.25) is 0 Å². The molecule has 1 heterocycles. The van der Waals surface area contributed by atoms with E-state index in [1.54, 1.807) is 4.90 Å². The molecule has 1 aliphatic carbocycles. The van der Waals surface area contributed by atoms with Gasteiger partial charge >= 0.3 is 0 Å². The van der Waals surface area contributed by atoms with Gasteiger partial charge in [0.25, 0.3) is 0 Å². The summed E-state index contributed by atoms with van der Waals surface area (Å²) in [5.41, 5.74) is 3.68. The van der Waals surface area contributed by atoms with Crippen LogP contribution >= 0.6 is 0 Å². The molecule has 2 aliphatic rings. The Kier molecular flexibility index (Phi) is 7.57. The van der Waals surface area contributed by atoms with E-state index in [-0.39, 0.29) is 23.4 Å². The molecule has 2 aromatic rings. The number of carbonyl (C=O) groups excluding carboxylic acids is 1. The average Bonchev–Trinajstić information content (AvgIpc) is 2.85. The maximum Gasteiger partial charge on any atom is 0.243 e. The van der Waals surface area contributed by atoms with Gasteiger partial charge in [0.05, 0.1) is 11.4 Å². The standard InChI is InChI=1S/C26H34FN3O3S/c1-20-7-6-10-25(21(20)2)28-15-17-29(18-16-28)26(31)19-30(23-8-4-3-5-9-23)34(32,33)24-13-11-22(27)12-14-24/h6-7,10-14,23H,3-5,8-9,15-19H2,1-2H3. The largest absolute Gasteiger partial charge is 0.368 e. The highest BCUT2D eigenvalue weighted by molar-refractivity contribution is 7.89. The van der Waals surface area contributed by atoms with Crippen molar-refractivity contribution in [2.45, 2.75) is 56.9 Å². The Morgan fingerprint density at radius 1 is 0.971 bits per heavy atom. The predicted octanol–water partition coefficient (Wildman–Crippen LogP) is 4.11. The van der Waals surface area contributed by atoms with Gasteiger partial charge in [-0.15, -0.1) is 0 Å². The number of halogens is 1. The van der Waals surface area contributed by atoms with Crippen molar-refractivity contribution in [3.05, 3.63) is 59.4 Å². The molecule has 0 N–H and O–H groups in total. The van der Waals surface area contributed by atoms with Gasteiger partial charge in [-0.1, -0.05) is 31.4 Å². The molecular weight excluding hydrogens is 453 g/mol. The predicted molar refractivity (Wildman–Crippen MR) is 132 cm³/mol. The van der Waals surface area contributed by atoms with Gasteiger partial charge in [0.2, 0.25) is 15.9 Å². The first kappa shape index (κ1) is 24.7. The smallest absolute Gasteiger partial charge is 0.243 e. The van der Waals surface area contributed by atoms with E-state index in [9.17, 15) is 17.6 Å². The molecule has 4 rings (SSSR count). The molecule has 2 fully saturated rings. The Morgan fingerprint density at radius 3 is 2.26 bits per heavy atom. The fourth-order valence-electron chi connectivity index (χ4n) is 5.03. The van der Waals surface area contributed by atoms with E-state index in [1.807, 2.05) is 0 Å². The first-order valence-electron chi connectivity index (χ1n) is 12.1. The van der Waals surface area contributed by atoms with Crippen LogP contribution in [0.5, 0.6) is 0 Å². The third-order valence-electron chi connectivity index (χ3n) is 7.24. The molecule has 2 aromatic carbocycles. The summed E-state index contributed by atoms with van der Waals surface area (Å²) in [4.78, 5) is 17.4. The second-order valence-electron chi connectivity index (χ2n) is 9.38. The topological polar surface area (TPSA) is 60.9 Å². The van der Waals surface area contributed by atoms with E-state index in [2.05, 4.69) is 36.9 Å². The van der Waals surface area contributed by atoms with Crippen LogP contribution in [-0.2, 0) is 14.8 Å². The number of piperazine rings is 1. The van der Waals surface area contributed by atoms with Crippen molar-refractivity contribution in [1.29, 1.82) is 0 Å². The molecule has 1 aliphatic heterocycles. The first-order chi connectivity index (χ1) is 16.3. The summed E-state index contributed by atoms with van der Waals surface area (Å²) in [6, 6.07) is 10.9. The monoisotopic (exact) mass is 487 g/mol. The summed E-state index contributed by atoms with van der Waals surface area (Å²) in [5, 5.41) is 0. The van der Waals surface area contributed by atoms with Crippen LogP contribution in [0.25, 0.3) is 0 Å². The van der Waals surface area contributed by atoms with E-state index in [0.717, 1.165) is 44.2 Å². The molecule has 6 nitrogen and oxygen atoms in total. The van der Waals surface area contributed by atoms with Gasteiger partial charge < -0.3 is 9.80 Å².